The van der Waals surface area contributed by atoms with E-state index in [0.29, 0.717) is 44.3 Å². The molecule has 2 rings (SSSR count). The summed E-state index contributed by atoms with van der Waals surface area (Å²) in [4.78, 5) is 27.6. The second-order valence-corrected chi connectivity index (χ2v) is 5.62. The van der Waals surface area contributed by atoms with Crippen molar-refractivity contribution in [1.29, 1.82) is 0 Å². The molecule has 6 nitrogen and oxygen atoms in total. The number of phenols is 1. The quantitative estimate of drug-likeness (QED) is 0.864. The van der Waals surface area contributed by atoms with Gasteiger partial charge in [-0.25, -0.2) is 0 Å². The van der Waals surface area contributed by atoms with Gasteiger partial charge in [0, 0.05) is 37.7 Å². The van der Waals surface area contributed by atoms with E-state index in [9.17, 15) is 14.7 Å². The van der Waals surface area contributed by atoms with Crippen LogP contribution in [0.3, 0.4) is 0 Å². The van der Waals surface area contributed by atoms with Crippen LogP contribution in [-0.2, 0) is 4.79 Å². The van der Waals surface area contributed by atoms with Crippen molar-refractivity contribution >= 4 is 23.4 Å². The van der Waals surface area contributed by atoms with Crippen LogP contribution in [0.25, 0.3) is 0 Å². The molecule has 1 aromatic carbocycles. The maximum Gasteiger partial charge on any atom is 0.257 e. The van der Waals surface area contributed by atoms with Crippen LogP contribution in [0.2, 0.25) is 5.02 Å². The van der Waals surface area contributed by atoms with Gasteiger partial charge >= 0.3 is 0 Å². The number of piperazine rings is 1. The molecule has 1 heterocycles. The van der Waals surface area contributed by atoms with Gasteiger partial charge in [-0.3, -0.25) is 14.5 Å². The molecule has 1 saturated heterocycles. The van der Waals surface area contributed by atoms with Crippen molar-refractivity contribution in [2.75, 3.05) is 39.3 Å². The van der Waals surface area contributed by atoms with Crippen molar-refractivity contribution in [3.63, 3.8) is 0 Å². The van der Waals surface area contributed by atoms with Gasteiger partial charge in [-0.1, -0.05) is 11.6 Å². The fourth-order valence-corrected chi connectivity index (χ4v) is 2.59. The molecule has 0 atom stereocenters. The molecule has 0 saturated carbocycles. The summed E-state index contributed by atoms with van der Waals surface area (Å²) in [6, 6.07) is 4.43. The number of nitrogens with one attached hydrogen (secondary N) is 1. The first-order valence-electron chi connectivity index (χ1n) is 7.28. The van der Waals surface area contributed by atoms with Crippen LogP contribution in [0, 0.1) is 0 Å². The standard InChI is InChI=1S/C15H20ClN3O3/c1-2-17-14(21)10-18-5-7-19(8-6-18)15(22)12-9-11(16)3-4-13(12)20/h3-4,9,20H,2,5-8,10H2,1H3,(H,17,21). The summed E-state index contributed by atoms with van der Waals surface area (Å²) in [6.45, 7) is 5.14. The zero-order valence-corrected chi connectivity index (χ0v) is 13.3. The van der Waals surface area contributed by atoms with E-state index in [-0.39, 0.29) is 23.1 Å². The molecule has 0 aliphatic carbocycles. The lowest BCUT2D eigenvalue weighted by atomic mass is 10.1. The van der Waals surface area contributed by atoms with Gasteiger partial charge in [0.15, 0.2) is 0 Å². The number of hydrogen-bond donors (Lipinski definition) is 2. The number of likely N-dealkylation sites (N-methyl/N-ethyl adjacent to an activating group) is 1. The molecule has 2 N–H and O–H groups in total. The van der Waals surface area contributed by atoms with Crippen LogP contribution in [0.15, 0.2) is 18.2 Å². The van der Waals surface area contributed by atoms with Crippen LogP contribution >= 0.6 is 11.6 Å². The summed E-state index contributed by atoms with van der Waals surface area (Å²) in [7, 11) is 0. The van der Waals surface area contributed by atoms with Crippen LogP contribution in [0.1, 0.15) is 17.3 Å². The number of aromatic hydroxyl groups is 1. The highest BCUT2D eigenvalue weighted by Gasteiger charge is 2.24. The minimum atomic E-state index is -0.238. The van der Waals surface area contributed by atoms with Gasteiger partial charge in [0.2, 0.25) is 5.91 Å². The highest BCUT2D eigenvalue weighted by atomic mass is 35.5. The highest BCUT2D eigenvalue weighted by Crippen LogP contribution is 2.23. The Morgan fingerprint density at radius 3 is 2.59 bits per heavy atom. The number of halogens is 1. The number of rotatable bonds is 4. The predicted molar refractivity (Wildman–Crippen MR) is 84.1 cm³/mol. The number of benzene rings is 1. The Labute approximate surface area is 134 Å². The van der Waals surface area contributed by atoms with Gasteiger partial charge in [0.25, 0.3) is 5.91 Å². The molecule has 22 heavy (non-hydrogen) atoms. The summed E-state index contributed by atoms with van der Waals surface area (Å²) in [5, 5.41) is 13.0. The van der Waals surface area contributed by atoms with E-state index in [0.717, 1.165) is 0 Å². The van der Waals surface area contributed by atoms with Crippen LogP contribution in [0.4, 0.5) is 0 Å². The number of amides is 2. The van der Waals surface area contributed by atoms with Crippen molar-refractivity contribution in [2.45, 2.75) is 6.92 Å². The molecule has 2 amide bonds. The van der Waals surface area contributed by atoms with E-state index in [4.69, 9.17) is 11.6 Å². The molecule has 1 fully saturated rings. The predicted octanol–water partition coefficient (Wildman–Crippen LogP) is 0.940. The maximum absolute atomic E-state index is 12.4. The monoisotopic (exact) mass is 325 g/mol. The summed E-state index contributed by atoms with van der Waals surface area (Å²) < 4.78 is 0. The van der Waals surface area contributed by atoms with E-state index in [1.54, 1.807) is 4.90 Å². The lowest BCUT2D eigenvalue weighted by Gasteiger charge is -2.34. The normalized spacial score (nSPS) is 15.6. The zero-order chi connectivity index (χ0) is 16.1. The average molecular weight is 326 g/mol. The summed E-state index contributed by atoms with van der Waals surface area (Å²) in [6.07, 6.45) is 0. The summed E-state index contributed by atoms with van der Waals surface area (Å²) in [5.41, 5.74) is 0.213. The number of nitrogens with zero attached hydrogens (tertiary/aromatic N) is 2. The van der Waals surface area contributed by atoms with Crippen molar-refractivity contribution in [2.24, 2.45) is 0 Å². The van der Waals surface area contributed by atoms with Gasteiger partial charge in [0.05, 0.1) is 12.1 Å². The topological polar surface area (TPSA) is 72.9 Å². The highest BCUT2D eigenvalue weighted by molar-refractivity contribution is 6.31. The summed E-state index contributed by atoms with van der Waals surface area (Å²) >= 11 is 5.88. The molecule has 1 aliphatic rings. The molecular weight excluding hydrogens is 306 g/mol. The molecule has 0 spiro atoms. The fraction of sp³-hybridized carbons (Fsp3) is 0.467. The Balaban J connectivity index is 1.92. The average Bonchev–Trinajstić information content (AvgIpc) is 2.50. The largest absolute Gasteiger partial charge is 0.507 e. The van der Waals surface area contributed by atoms with Crippen LogP contribution in [0.5, 0.6) is 5.75 Å². The van der Waals surface area contributed by atoms with Crippen LogP contribution in [-0.4, -0.2) is 66.0 Å². The molecule has 120 valence electrons. The number of hydrogen-bond acceptors (Lipinski definition) is 4. The van der Waals surface area contributed by atoms with Crippen LogP contribution < -0.4 is 5.32 Å². The Morgan fingerprint density at radius 1 is 1.27 bits per heavy atom. The molecule has 0 aromatic heterocycles. The third-order valence-corrected chi connectivity index (χ3v) is 3.82. The smallest absolute Gasteiger partial charge is 0.257 e. The van der Waals surface area contributed by atoms with E-state index < -0.39 is 0 Å². The molecule has 0 bridgehead atoms. The zero-order valence-electron chi connectivity index (χ0n) is 12.5. The molecular formula is C15H20ClN3O3. The lowest BCUT2D eigenvalue weighted by molar-refractivity contribution is -0.122. The van der Waals surface area contributed by atoms with Crippen molar-refractivity contribution in [3.05, 3.63) is 28.8 Å². The molecule has 1 aromatic rings. The second kappa shape index (κ2) is 7.47. The van der Waals surface area contributed by atoms with Crippen molar-refractivity contribution in [1.82, 2.24) is 15.1 Å². The number of carbonyl (C=O) groups excluding carboxylic acids is 2. The van der Waals surface area contributed by atoms with E-state index in [1.165, 1.54) is 18.2 Å². The fourth-order valence-electron chi connectivity index (χ4n) is 2.42. The lowest BCUT2D eigenvalue weighted by Crippen LogP contribution is -2.51. The number of phenolic OH excluding ortho intramolecular Hbond substituents is 1. The maximum atomic E-state index is 12.4. The van der Waals surface area contributed by atoms with E-state index in [2.05, 4.69) is 5.32 Å². The van der Waals surface area contributed by atoms with Crippen molar-refractivity contribution in [3.8, 4) is 5.75 Å². The van der Waals surface area contributed by atoms with Gasteiger partial charge in [-0.2, -0.15) is 0 Å². The molecule has 7 heteroatoms. The third kappa shape index (κ3) is 4.11. The molecule has 0 radical (unpaired) electrons. The molecule has 1 aliphatic heterocycles. The first-order chi connectivity index (χ1) is 10.5. The van der Waals surface area contributed by atoms with Crippen molar-refractivity contribution < 1.29 is 14.7 Å². The Morgan fingerprint density at radius 2 is 1.95 bits per heavy atom. The van der Waals surface area contributed by atoms with Gasteiger partial charge in [-0.05, 0) is 25.1 Å². The third-order valence-electron chi connectivity index (χ3n) is 3.59. The first-order valence-corrected chi connectivity index (χ1v) is 7.66. The Bertz CT molecular complexity index is 557. The minimum Gasteiger partial charge on any atom is -0.507 e. The molecule has 0 unspecified atom stereocenters. The minimum absolute atomic E-state index is 0.00485. The van der Waals surface area contributed by atoms with E-state index >= 15 is 0 Å². The van der Waals surface area contributed by atoms with Gasteiger partial charge in [0.1, 0.15) is 5.75 Å². The Hall–Kier alpha value is -1.79. The number of carbonyl (C=O) groups is 2. The first kappa shape index (κ1) is 16.6. The summed E-state index contributed by atoms with van der Waals surface area (Å²) in [5.74, 6) is -0.313. The van der Waals surface area contributed by atoms with Gasteiger partial charge < -0.3 is 15.3 Å². The second-order valence-electron chi connectivity index (χ2n) is 5.18. The Kier molecular flexibility index (Phi) is 5.63. The van der Waals surface area contributed by atoms with Gasteiger partial charge in [-0.15, -0.1) is 0 Å². The SMILES string of the molecule is CCNC(=O)CN1CCN(C(=O)c2cc(Cl)ccc2O)CC1. The van der Waals surface area contributed by atoms with E-state index in [1.807, 2.05) is 11.8 Å².